The van der Waals surface area contributed by atoms with Gasteiger partial charge in [0.15, 0.2) is 0 Å². The molecule has 8 heteroatoms. The summed E-state index contributed by atoms with van der Waals surface area (Å²) in [7, 11) is 0. The van der Waals surface area contributed by atoms with Crippen molar-refractivity contribution in [2.45, 2.75) is 38.6 Å². The second-order valence-corrected chi connectivity index (χ2v) is 6.58. The highest BCUT2D eigenvalue weighted by molar-refractivity contribution is 5.67. The van der Waals surface area contributed by atoms with Crippen molar-refractivity contribution in [1.82, 2.24) is 20.4 Å². The lowest BCUT2D eigenvalue weighted by Gasteiger charge is -2.47. The normalized spacial score (nSPS) is 24.6. The van der Waals surface area contributed by atoms with Gasteiger partial charge in [0, 0.05) is 45.8 Å². The largest absolute Gasteiger partial charge is 0.450 e. The van der Waals surface area contributed by atoms with Crippen LogP contribution in [0.2, 0.25) is 0 Å². The lowest BCUT2D eigenvalue weighted by molar-refractivity contribution is -0.0146. The van der Waals surface area contributed by atoms with Crippen LogP contribution < -0.4 is 10.6 Å². The zero-order valence-corrected chi connectivity index (χ0v) is 15.3. The predicted molar refractivity (Wildman–Crippen MR) is 94.6 cm³/mol. The van der Waals surface area contributed by atoms with Gasteiger partial charge >= 0.3 is 12.2 Å². The van der Waals surface area contributed by atoms with E-state index in [1.54, 1.807) is 6.92 Å². The van der Waals surface area contributed by atoms with Crippen molar-refractivity contribution in [2.24, 2.45) is 0 Å². The molecule has 8 nitrogen and oxygen atoms in total. The van der Waals surface area contributed by atoms with E-state index in [1.807, 2.05) is 0 Å². The maximum Gasteiger partial charge on any atom is 0.407 e. The third-order valence-electron chi connectivity index (χ3n) is 4.72. The fraction of sp³-hybridized carbons (Fsp3) is 0.882. The molecule has 0 aromatic rings. The van der Waals surface area contributed by atoms with Crippen LogP contribution in [0.25, 0.3) is 0 Å². The molecule has 2 bridgehead atoms. The van der Waals surface area contributed by atoms with E-state index in [4.69, 9.17) is 9.47 Å². The van der Waals surface area contributed by atoms with E-state index in [9.17, 15) is 9.59 Å². The number of ether oxygens (including phenoxy) is 2. The molecule has 0 aromatic heterocycles. The first-order chi connectivity index (χ1) is 12.2. The van der Waals surface area contributed by atoms with Crippen LogP contribution >= 0.6 is 0 Å². The number of amides is 2. The molecule has 1 unspecified atom stereocenters. The van der Waals surface area contributed by atoms with Crippen molar-refractivity contribution in [2.75, 3.05) is 59.0 Å². The maximum atomic E-state index is 11.7. The molecule has 2 N–H and O–H groups in total. The van der Waals surface area contributed by atoms with Gasteiger partial charge in [-0.15, -0.1) is 0 Å². The lowest BCUT2D eigenvalue weighted by Crippen LogP contribution is -2.62. The van der Waals surface area contributed by atoms with Gasteiger partial charge in [-0.1, -0.05) is 12.8 Å². The van der Waals surface area contributed by atoms with E-state index in [2.05, 4.69) is 20.4 Å². The lowest BCUT2D eigenvalue weighted by atomic mass is 10.1. The smallest absolute Gasteiger partial charge is 0.407 e. The first-order valence-corrected chi connectivity index (χ1v) is 9.46. The Kier molecular flexibility index (Phi) is 8.82. The van der Waals surface area contributed by atoms with Crippen LogP contribution in [0.1, 0.15) is 32.6 Å². The third kappa shape index (κ3) is 7.48. The Bertz CT molecular complexity index is 413. The van der Waals surface area contributed by atoms with Gasteiger partial charge in [0.05, 0.1) is 12.6 Å². The minimum absolute atomic E-state index is 0.318. The Morgan fingerprint density at radius 2 is 1.52 bits per heavy atom. The van der Waals surface area contributed by atoms with Gasteiger partial charge in [0.1, 0.15) is 6.61 Å². The first-order valence-electron chi connectivity index (χ1n) is 9.46. The van der Waals surface area contributed by atoms with Crippen LogP contribution in [0.15, 0.2) is 0 Å². The minimum atomic E-state index is -0.355. The highest BCUT2D eigenvalue weighted by atomic mass is 16.6. The van der Waals surface area contributed by atoms with E-state index in [0.29, 0.717) is 32.3 Å². The number of alkyl carbamates (subject to hydrolysis) is 2. The van der Waals surface area contributed by atoms with Crippen LogP contribution in [0.5, 0.6) is 0 Å². The number of rotatable bonds is 10. The third-order valence-corrected chi connectivity index (χ3v) is 4.72. The van der Waals surface area contributed by atoms with E-state index in [-0.39, 0.29) is 12.2 Å². The van der Waals surface area contributed by atoms with E-state index in [0.717, 1.165) is 58.4 Å². The topological polar surface area (TPSA) is 83.1 Å². The summed E-state index contributed by atoms with van der Waals surface area (Å²) in [4.78, 5) is 27.7. The van der Waals surface area contributed by atoms with Crippen molar-refractivity contribution in [3.05, 3.63) is 0 Å². The van der Waals surface area contributed by atoms with Crippen LogP contribution in [0, 0.1) is 0 Å². The van der Waals surface area contributed by atoms with Gasteiger partial charge in [-0.3, -0.25) is 9.80 Å². The average Bonchev–Trinajstić information content (AvgIpc) is 2.63. The Labute approximate surface area is 150 Å². The van der Waals surface area contributed by atoms with Gasteiger partial charge in [0.25, 0.3) is 0 Å². The summed E-state index contributed by atoms with van der Waals surface area (Å²) in [5.41, 5.74) is 0. The molecule has 0 aromatic carbocycles. The number of hydrogen-bond acceptors (Lipinski definition) is 6. The van der Waals surface area contributed by atoms with Crippen LogP contribution in [0.4, 0.5) is 9.59 Å². The van der Waals surface area contributed by atoms with Gasteiger partial charge in [-0.2, -0.15) is 0 Å². The summed E-state index contributed by atoms with van der Waals surface area (Å²) in [5, 5.41) is 5.50. The summed E-state index contributed by atoms with van der Waals surface area (Å²) in [5.74, 6) is 0. The molecule has 3 aliphatic heterocycles. The fourth-order valence-electron chi connectivity index (χ4n) is 3.27. The quantitative estimate of drug-likeness (QED) is 0.569. The highest BCUT2D eigenvalue weighted by Crippen LogP contribution is 2.15. The first kappa shape index (κ1) is 19.8. The number of unbranched alkanes of at least 4 members (excludes halogenated alkanes) is 3. The Balaban J connectivity index is 1.39. The molecule has 0 spiro atoms. The van der Waals surface area contributed by atoms with Crippen molar-refractivity contribution >= 4 is 12.2 Å². The molecule has 3 heterocycles. The number of carbonyl (C=O) groups excluding carboxylic acids is 2. The summed E-state index contributed by atoms with van der Waals surface area (Å²) in [6, 6.07) is 0.347. The summed E-state index contributed by atoms with van der Waals surface area (Å²) >= 11 is 0. The van der Waals surface area contributed by atoms with Crippen molar-refractivity contribution in [3.8, 4) is 0 Å². The van der Waals surface area contributed by atoms with Crippen LogP contribution in [0.3, 0.4) is 0 Å². The van der Waals surface area contributed by atoms with Gasteiger partial charge in [0.2, 0.25) is 0 Å². The van der Waals surface area contributed by atoms with Gasteiger partial charge in [-0.05, 0) is 19.8 Å². The Hall–Kier alpha value is -1.54. The number of fused-ring (bicyclic) bond motifs is 3. The molecule has 2 amide bonds. The minimum Gasteiger partial charge on any atom is -0.450 e. The molecule has 1 atom stereocenters. The van der Waals surface area contributed by atoms with Crippen LogP contribution in [-0.2, 0) is 9.47 Å². The molecular weight excluding hydrogens is 324 g/mol. The molecule has 25 heavy (non-hydrogen) atoms. The number of hydrogen-bond donors (Lipinski definition) is 2. The van der Waals surface area contributed by atoms with Crippen molar-refractivity contribution in [1.29, 1.82) is 0 Å². The summed E-state index contributed by atoms with van der Waals surface area (Å²) < 4.78 is 10.1. The van der Waals surface area contributed by atoms with E-state index in [1.165, 1.54) is 0 Å². The Morgan fingerprint density at radius 3 is 2.04 bits per heavy atom. The zero-order valence-electron chi connectivity index (χ0n) is 15.3. The molecule has 3 saturated heterocycles. The number of carbonyl (C=O) groups is 2. The molecule has 3 fully saturated rings. The number of nitrogens with one attached hydrogen (secondary N) is 2. The van der Waals surface area contributed by atoms with Crippen LogP contribution in [-0.4, -0.2) is 87.1 Å². The molecule has 0 aliphatic carbocycles. The number of nitrogens with zero attached hydrogens (tertiary/aromatic N) is 2. The van der Waals surface area contributed by atoms with E-state index < -0.39 is 0 Å². The predicted octanol–water partition coefficient (Wildman–Crippen LogP) is 1.02. The second-order valence-electron chi connectivity index (χ2n) is 6.58. The Morgan fingerprint density at radius 1 is 0.920 bits per heavy atom. The summed E-state index contributed by atoms with van der Waals surface area (Å²) in [6.07, 6.45) is 3.18. The molecule has 3 aliphatic rings. The SMILES string of the molecule is CCOC(=O)NCCCCCCNC(=O)OCC1CN2CCN1CC2. The highest BCUT2D eigenvalue weighted by Gasteiger charge is 2.32. The molecule has 0 saturated carbocycles. The van der Waals surface area contributed by atoms with E-state index >= 15 is 0 Å². The van der Waals surface area contributed by atoms with Crippen molar-refractivity contribution in [3.63, 3.8) is 0 Å². The second kappa shape index (κ2) is 11.1. The zero-order chi connectivity index (χ0) is 17.9. The van der Waals surface area contributed by atoms with Gasteiger partial charge in [-0.25, -0.2) is 9.59 Å². The van der Waals surface area contributed by atoms with Gasteiger partial charge < -0.3 is 20.1 Å². The molecule has 3 rings (SSSR count). The molecule has 144 valence electrons. The summed E-state index contributed by atoms with van der Waals surface area (Å²) in [6.45, 7) is 9.36. The average molecular weight is 356 g/mol. The number of piperazine rings is 3. The molecule has 0 radical (unpaired) electrons. The standard InChI is InChI=1S/C17H32N4O4/c1-2-24-16(22)18-7-5-3-4-6-8-19-17(23)25-14-15-13-20-9-11-21(15)12-10-20/h15H,2-14H2,1H3,(H,18,22)(H,19,23). The monoisotopic (exact) mass is 356 g/mol. The molecular formula is C17H32N4O4. The van der Waals surface area contributed by atoms with Crippen molar-refractivity contribution < 1.29 is 19.1 Å². The fourth-order valence-corrected chi connectivity index (χ4v) is 3.27. The maximum absolute atomic E-state index is 11.7.